The lowest BCUT2D eigenvalue weighted by atomic mass is 10.0. The van der Waals surface area contributed by atoms with Gasteiger partial charge < -0.3 is 19.4 Å². The fraction of sp³-hybridized carbons (Fsp3) is 0.429. The van der Waals surface area contributed by atoms with E-state index >= 15 is 0 Å². The molecule has 2 aliphatic heterocycles. The first-order valence-corrected chi connectivity index (χ1v) is 13.1. The van der Waals surface area contributed by atoms with Crippen molar-refractivity contribution in [3.63, 3.8) is 0 Å². The zero-order chi connectivity index (χ0) is 28.8. The molecule has 0 radical (unpaired) electrons. The number of carbonyl (C=O) groups excluding carboxylic acids is 2. The zero-order valence-corrected chi connectivity index (χ0v) is 22.8. The van der Waals surface area contributed by atoms with Crippen LogP contribution in [0.4, 0.5) is 29.5 Å². The molecule has 1 fully saturated rings. The van der Waals surface area contributed by atoms with Gasteiger partial charge in [0, 0.05) is 55.7 Å². The van der Waals surface area contributed by atoms with Gasteiger partial charge in [-0.25, -0.2) is 9.78 Å². The fourth-order valence-electron chi connectivity index (χ4n) is 4.90. The van der Waals surface area contributed by atoms with Crippen LogP contribution in [-0.2, 0) is 10.9 Å². The number of carbonyl (C=O) groups is 2. The van der Waals surface area contributed by atoms with Crippen LogP contribution in [0.3, 0.4) is 0 Å². The van der Waals surface area contributed by atoms with Crippen molar-refractivity contribution in [3.8, 4) is 11.1 Å². The van der Waals surface area contributed by atoms with Crippen LogP contribution in [0.1, 0.15) is 49.8 Å². The molecule has 12 heteroatoms. The number of hydrogen-bond acceptors (Lipinski definition) is 6. The molecule has 3 aromatic rings. The quantitative estimate of drug-likeness (QED) is 0.439. The molecule has 212 valence electrons. The van der Waals surface area contributed by atoms with Crippen LogP contribution >= 0.6 is 0 Å². The number of amides is 2. The van der Waals surface area contributed by atoms with Gasteiger partial charge in [-0.3, -0.25) is 9.48 Å². The average Bonchev–Trinajstić information content (AvgIpc) is 3.36. The summed E-state index contributed by atoms with van der Waals surface area (Å²) in [5, 5.41) is 4.43. The van der Waals surface area contributed by atoms with E-state index in [1.165, 1.54) is 17.0 Å². The van der Waals surface area contributed by atoms with Crippen molar-refractivity contribution in [1.82, 2.24) is 19.7 Å². The number of halogens is 3. The molecule has 0 spiro atoms. The molecule has 2 amide bonds. The number of piperazine rings is 1. The highest BCUT2D eigenvalue weighted by molar-refractivity contribution is 6.09. The maximum Gasteiger partial charge on any atom is 0.416 e. The first-order valence-electron chi connectivity index (χ1n) is 13.1. The third kappa shape index (κ3) is 5.47. The van der Waals surface area contributed by atoms with Crippen molar-refractivity contribution in [2.75, 3.05) is 42.5 Å². The maximum absolute atomic E-state index is 13.6. The molecule has 1 aromatic carbocycles. The average molecular weight is 557 g/mol. The van der Waals surface area contributed by atoms with E-state index in [9.17, 15) is 22.8 Å². The van der Waals surface area contributed by atoms with E-state index in [1.807, 2.05) is 39.8 Å². The molecule has 0 aliphatic carbocycles. The second-order valence-corrected chi connectivity index (χ2v) is 11.0. The molecule has 2 aliphatic rings. The number of benzene rings is 1. The molecular formula is C28H31F3N6O3. The Kier molecular flexibility index (Phi) is 6.97. The number of anilines is 2. The molecule has 2 aromatic heterocycles. The highest BCUT2D eigenvalue weighted by atomic mass is 19.4. The van der Waals surface area contributed by atoms with Gasteiger partial charge in [-0.05, 0) is 64.1 Å². The van der Waals surface area contributed by atoms with E-state index in [4.69, 9.17) is 4.74 Å². The van der Waals surface area contributed by atoms with Gasteiger partial charge in [-0.2, -0.15) is 18.3 Å². The van der Waals surface area contributed by atoms with Crippen LogP contribution in [0, 0.1) is 0 Å². The van der Waals surface area contributed by atoms with Crippen LogP contribution in [0.25, 0.3) is 11.1 Å². The molecule has 0 N–H and O–H groups in total. The standard InChI is InChI=1S/C28H31F3N6O3/c1-18-17-36(21-8-6-20(7-9-21)28(29,30)31)25(38)24-22(16-33-37(18)24)19-5-10-23(32-15-19)34-11-13-35(14-12-34)26(39)40-27(2,3)4/h5-10,15-16,18H,11-14,17H2,1-4H3. The zero-order valence-electron chi connectivity index (χ0n) is 22.8. The van der Waals surface area contributed by atoms with Crippen LogP contribution < -0.4 is 9.80 Å². The summed E-state index contributed by atoms with van der Waals surface area (Å²) >= 11 is 0. The fourth-order valence-corrected chi connectivity index (χ4v) is 4.90. The van der Waals surface area contributed by atoms with Gasteiger partial charge in [0.2, 0.25) is 0 Å². The predicted molar refractivity (Wildman–Crippen MR) is 143 cm³/mol. The van der Waals surface area contributed by atoms with Gasteiger partial charge in [0.1, 0.15) is 17.1 Å². The number of pyridine rings is 1. The van der Waals surface area contributed by atoms with E-state index < -0.39 is 17.3 Å². The number of rotatable bonds is 3. The van der Waals surface area contributed by atoms with Gasteiger partial charge in [-0.15, -0.1) is 0 Å². The van der Waals surface area contributed by atoms with Gasteiger partial charge in [0.15, 0.2) is 0 Å². The number of fused-ring (bicyclic) bond motifs is 1. The summed E-state index contributed by atoms with van der Waals surface area (Å²) < 4.78 is 46.2. The molecule has 0 saturated carbocycles. The highest BCUT2D eigenvalue weighted by Gasteiger charge is 2.35. The summed E-state index contributed by atoms with van der Waals surface area (Å²) in [6.45, 7) is 9.94. The molecule has 0 bridgehead atoms. The van der Waals surface area contributed by atoms with E-state index in [1.54, 1.807) is 22.0 Å². The van der Waals surface area contributed by atoms with Gasteiger partial charge in [0.25, 0.3) is 5.91 Å². The Morgan fingerprint density at radius 3 is 2.23 bits per heavy atom. The van der Waals surface area contributed by atoms with Crippen molar-refractivity contribution in [2.45, 2.75) is 45.5 Å². The van der Waals surface area contributed by atoms with Crippen molar-refractivity contribution in [1.29, 1.82) is 0 Å². The topological polar surface area (TPSA) is 83.8 Å². The van der Waals surface area contributed by atoms with Crippen molar-refractivity contribution in [3.05, 3.63) is 60.0 Å². The summed E-state index contributed by atoms with van der Waals surface area (Å²) in [5.41, 5.74) is 0.736. The monoisotopic (exact) mass is 556 g/mol. The minimum absolute atomic E-state index is 0.183. The van der Waals surface area contributed by atoms with Gasteiger partial charge in [-0.1, -0.05) is 0 Å². The third-order valence-electron chi connectivity index (χ3n) is 6.93. The minimum atomic E-state index is -4.45. The molecule has 40 heavy (non-hydrogen) atoms. The Bertz CT molecular complexity index is 1390. The number of nitrogens with zero attached hydrogens (tertiary/aromatic N) is 6. The summed E-state index contributed by atoms with van der Waals surface area (Å²) in [7, 11) is 0. The third-order valence-corrected chi connectivity index (χ3v) is 6.93. The highest BCUT2D eigenvalue weighted by Crippen LogP contribution is 2.35. The summed E-state index contributed by atoms with van der Waals surface area (Å²) in [6.07, 6.45) is -1.47. The lowest BCUT2D eigenvalue weighted by Crippen LogP contribution is -2.50. The van der Waals surface area contributed by atoms with Crippen molar-refractivity contribution < 1.29 is 27.5 Å². The smallest absolute Gasteiger partial charge is 0.416 e. The van der Waals surface area contributed by atoms with Gasteiger partial charge >= 0.3 is 12.3 Å². The number of ether oxygens (including phenoxy) is 1. The number of alkyl halides is 3. The summed E-state index contributed by atoms with van der Waals surface area (Å²) in [5.74, 6) is 0.410. The molecule has 1 saturated heterocycles. The molecule has 9 nitrogen and oxygen atoms in total. The molecule has 1 atom stereocenters. The number of hydrogen-bond donors (Lipinski definition) is 0. The van der Waals surface area contributed by atoms with Crippen molar-refractivity contribution in [2.24, 2.45) is 0 Å². The van der Waals surface area contributed by atoms with E-state index in [0.29, 0.717) is 48.7 Å². The second kappa shape index (κ2) is 10.1. The Labute approximate surface area is 230 Å². The lowest BCUT2D eigenvalue weighted by Gasteiger charge is -2.36. The Morgan fingerprint density at radius 2 is 1.65 bits per heavy atom. The predicted octanol–water partition coefficient (Wildman–Crippen LogP) is 5.24. The second-order valence-electron chi connectivity index (χ2n) is 11.0. The SMILES string of the molecule is CC1CN(c2ccc(C(F)(F)F)cc2)C(=O)c2c(-c3ccc(N4CCN(C(=O)OC(C)(C)C)CC4)nc3)cnn21. The molecule has 4 heterocycles. The first kappa shape index (κ1) is 27.5. The Hall–Kier alpha value is -4.09. The normalized spacial score (nSPS) is 18.1. The maximum atomic E-state index is 13.6. The number of aromatic nitrogens is 3. The van der Waals surface area contributed by atoms with Crippen LogP contribution in [0.15, 0.2) is 48.8 Å². The molecule has 1 unspecified atom stereocenters. The Morgan fingerprint density at radius 1 is 0.975 bits per heavy atom. The van der Waals surface area contributed by atoms with Crippen LogP contribution in [0.2, 0.25) is 0 Å². The first-order chi connectivity index (χ1) is 18.8. The summed E-state index contributed by atoms with van der Waals surface area (Å²) in [6, 6.07) is 8.15. The van der Waals surface area contributed by atoms with Crippen molar-refractivity contribution >= 4 is 23.5 Å². The van der Waals surface area contributed by atoms with Crippen LogP contribution in [-0.4, -0.2) is 70.0 Å². The van der Waals surface area contributed by atoms with E-state index in [0.717, 1.165) is 18.0 Å². The molecular weight excluding hydrogens is 525 g/mol. The van der Waals surface area contributed by atoms with E-state index in [-0.39, 0.29) is 24.6 Å². The Balaban J connectivity index is 1.31. The molecule has 5 rings (SSSR count). The van der Waals surface area contributed by atoms with E-state index in [2.05, 4.69) is 15.0 Å². The minimum Gasteiger partial charge on any atom is -0.444 e. The van der Waals surface area contributed by atoms with Crippen LogP contribution in [0.5, 0.6) is 0 Å². The summed E-state index contributed by atoms with van der Waals surface area (Å²) in [4.78, 5) is 35.8. The lowest BCUT2D eigenvalue weighted by molar-refractivity contribution is -0.137. The van der Waals surface area contributed by atoms with Gasteiger partial charge in [0.05, 0.1) is 17.8 Å². The largest absolute Gasteiger partial charge is 0.444 e.